The van der Waals surface area contributed by atoms with Crippen molar-refractivity contribution in [2.24, 2.45) is 5.92 Å². The fraction of sp³-hybridized carbons (Fsp3) is 0.500. The molecule has 0 spiro atoms. The molecule has 0 aromatic heterocycles. The first-order valence-corrected chi connectivity index (χ1v) is 8.45. The van der Waals surface area contributed by atoms with Crippen molar-refractivity contribution in [2.45, 2.75) is 19.3 Å². The van der Waals surface area contributed by atoms with Gasteiger partial charge in [0.25, 0.3) is 0 Å². The molecule has 1 aliphatic heterocycles. The standard InChI is InChI=1S/C14H19NO4S/c1-15(12-2-4-13(16)5-3-12)14(17)10-11-6-8-20(18,19)9-7-11/h2-5,11,16H,6-10H2,1H3. The lowest BCUT2D eigenvalue weighted by molar-refractivity contribution is -0.119. The zero-order valence-electron chi connectivity index (χ0n) is 11.4. The highest BCUT2D eigenvalue weighted by atomic mass is 32.2. The molecule has 0 radical (unpaired) electrons. The Morgan fingerprint density at radius 1 is 1.25 bits per heavy atom. The van der Waals surface area contributed by atoms with E-state index >= 15 is 0 Å². The predicted octanol–water partition coefficient (Wildman–Crippen LogP) is 1.57. The smallest absolute Gasteiger partial charge is 0.226 e. The molecule has 6 heteroatoms. The fourth-order valence-corrected chi connectivity index (χ4v) is 3.94. The van der Waals surface area contributed by atoms with Gasteiger partial charge < -0.3 is 10.0 Å². The van der Waals surface area contributed by atoms with Gasteiger partial charge in [0, 0.05) is 19.2 Å². The lowest BCUT2D eigenvalue weighted by atomic mass is 9.98. The summed E-state index contributed by atoms with van der Waals surface area (Å²) in [7, 11) is -1.19. The maximum Gasteiger partial charge on any atom is 0.226 e. The van der Waals surface area contributed by atoms with Crippen LogP contribution < -0.4 is 4.90 Å². The molecule has 5 nitrogen and oxygen atoms in total. The number of hydrogen-bond donors (Lipinski definition) is 1. The van der Waals surface area contributed by atoms with Crippen molar-refractivity contribution >= 4 is 21.4 Å². The van der Waals surface area contributed by atoms with Crippen LogP contribution in [-0.2, 0) is 14.6 Å². The third-order valence-corrected chi connectivity index (χ3v) is 5.46. The molecule has 0 atom stereocenters. The average molecular weight is 297 g/mol. The highest BCUT2D eigenvalue weighted by Gasteiger charge is 2.26. The quantitative estimate of drug-likeness (QED) is 0.919. The molecule has 1 N–H and O–H groups in total. The van der Waals surface area contributed by atoms with Crippen LogP contribution in [-0.4, -0.2) is 38.0 Å². The number of carbonyl (C=O) groups excluding carboxylic acids is 1. The maximum absolute atomic E-state index is 12.2. The van der Waals surface area contributed by atoms with E-state index in [2.05, 4.69) is 0 Å². The van der Waals surface area contributed by atoms with E-state index in [0.29, 0.717) is 19.3 Å². The Labute approximate surface area is 119 Å². The third-order valence-electron chi connectivity index (χ3n) is 3.75. The Morgan fingerprint density at radius 3 is 2.35 bits per heavy atom. The Morgan fingerprint density at radius 2 is 1.80 bits per heavy atom. The van der Waals surface area contributed by atoms with E-state index in [-0.39, 0.29) is 29.1 Å². The Balaban J connectivity index is 1.93. The molecule has 0 aliphatic carbocycles. The minimum Gasteiger partial charge on any atom is -0.508 e. The number of rotatable bonds is 3. The molecule has 0 unspecified atom stereocenters. The normalized spacial score (nSPS) is 18.6. The van der Waals surface area contributed by atoms with E-state index in [9.17, 15) is 18.3 Å². The summed E-state index contributed by atoms with van der Waals surface area (Å²) in [5.41, 5.74) is 0.719. The predicted molar refractivity (Wildman–Crippen MR) is 77.5 cm³/mol. The summed E-state index contributed by atoms with van der Waals surface area (Å²) in [6, 6.07) is 6.43. The van der Waals surface area contributed by atoms with E-state index < -0.39 is 9.84 Å². The van der Waals surface area contributed by atoms with Gasteiger partial charge in [-0.25, -0.2) is 8.42 Å². The van der Waals surface area contributed by atoms with E-state index in [1.807, 2.05) is 0 Å². The molecule has 110 valence electrons. The zero-order valence-corrected chi connectivity index (χ0v) is 12.3. The summed E-state index contributed by atoms with van der Waals surface area (Å²) in [5.74, 6) is 0.652. The minimum absolute atomic E-state index is 0.0278. The molecular formula is C14H19NO4S. The molecule has 2 rings (SSSR count). The first-order chi connectivity index (χ1) is 9.37. The summed E-state index contributed by atoms with van der Waals surface area (Å²) in [5, 5.41) is 9.23. The minimum atomic E-state index is -2.88. The first kappa shape index (κ1) is 14.8. The van der Waals surface area contributed by atoms with Gasteiger partial charge in [0.05, 0.1) is 11.5 Å². The summed E-state index contributed by atoms with van der Waals surface area (Å²) in [4.78, 5) is 13.7. The van der Waals surface area contributed by atoms with Crippen molar-refractivity contribution in [2.75, 3.05) is 23.5 Å². The number of amides is 1. The van der Waals surface area contributed by atoms with Crippen LogP contribution in [0.3, 0.4) is 0 Å². The van der Waals surface area contributed by atoms with Crippen molar-refractivity contribution in [3.8, 4) is 5.75 Å². The van der Waals surface area contributed by atoms with E-state index in [0.717, 1.165) is 5.69 Å². The highest BCUT2D eigenvalue weighted by Crippen LogP contribution is 2.24. The number of phenolic OH excluding ortho intramolecular Hbond substituents is 1. The molecule has 1 saturated heterocycles. The summed E-state index contributed by atoms with van der Waals surface area (Å²) in [6.07, 6.45) is 1.50. The van der Waals surface area contributed by atoms with Gasteiger partial charge >= 0.3 is 0 Å². The van der Waals surface area contributed by atoms with Crippen molar-refractivity contribution < 1.29 is 18.3 Å². The number of nitrogens with zero attached hydrogens (tertiary/aromatic N) is 1. The van der Waals surface area contributed by atoms with Crippen LogP contribution in [0, 0.1) is 5.92 Å². The summed E-state index contributed by atoms with van der Waals surface area (Å²) < 4.78 is 22.7. The topological polar surface area (TPSA) is 74.7 Å². The number of carbonyl (C=O) groups is 1. The van der Waals surface area contributed by atoms with Crippen LogP contribution in [0.2, 0.25) is 0 Å². The Bertz CT molecular complexity index is 566. The van der Waals surface area contributed by atoms with Crippen molar-refractivity contribution in [1.29, 1.82) is 0 Å². The third kappa shape index (κ3) is 3.72. The van der Waals surface area contributed by atoms with Gasteiger partial charge in [-0.05, 0) is 43.0 Å². The fourth-order valence-electron chi connectivity index (χ4n) is 2.35. The van der Waals surface area contributed by atoms with Crippen molar-refractivity contribution in [3.05, 3.63) is 24.3 Å². The molecule has 0 bridgehead atoms. The summed E-state index contributed by atoms with van der Waals surface area (Å²) in [6.45, 7) is 0. The van der Waals surface area contributed by atoms with Crippen LogP contribution in [0.25, 0.3) is 0 Å². The number of aromatic hydroxyl groups is 1. The van der Waals surface area contributed by atoms with E-state index in [1.165, 1.54) is 12.1 Å². The van der Waals surface area contributed by atoms with Crippen LogP contribution in [0.1, 0.15) is 19.3 Å². The van der Waals surface area contributed by atoms with E-state index in [4.69, 9.17) is 0 Å². The molecular weight excluding hydrogens is 278 g/mol. The molecule has 20 heavy (non-hydrogen) atoms. The van der Waals surface area contributed by atoms with Gasteiger partial charge in [-0.2, -0.15) is 0 Å². The number of sulfone groups is 1. The highest BCUT2D eigenvalue weighted by molar-refractivity contribution is 7.91. The molecule has 1 amide bonds. The van der Waals surface area contributed by atoms with Gasteiger partial charge in [0.1, 0.15) is 15.6 Å². The number of hydrogen-bond acceptors (Lipinski definition) is 4. The molecule has 0 saturated carbocycles. The Kier molecular flexibility index (Phi) is 4.32. The maximum atomic E-state index is 12.2. The SMILES string of the molecule is CN(C(=O)CC1CCS(=O)(=O)CC1)c1ccc(O)cc1. The number of phenols is 1. The zero-order chi connectivity index (χ0) is 14.8. The molecule has 1 fully saturated rings. The van der Waals surface area contributed by atoms with Crippen molar-refractivity contribution in [3.63, 3.8) is 0 Å². The number of benzene rings is 1. The van der Waals surface area contributed by atoms with Gasteiger partial charge in [-0.15, -0.1) is 0 Å². The summed E-state index contributed by atoms with van der Waals surface area (Å²) >= 11 is 0. The van der Waals surface area contributed by atoms with Crippen LogP contribution >= 0.6 is 0 Å². The molecule has 1 heterocycles. The van der Waals surface area contributed by atoms with E-state index in [1.54, 1.807) is 24.1 Å². The second-order valence-corrected chi connectivity index (χ2v) is 7.57. The van der Waals surface area contributed by atoms with Gasteiger partial charge in [0.15, 0.2) is 0 Å². The second-order valence-electron chi connectivity index (χ2n) is 5.27. The first-order valence-electron chi connectivity index (χ1n) is 6.63. The monoisotopic (exact) mass is 297 g/mol. The Hall–Kier alpha value is -1.56. The van der Waals surface area contributed by atoms with Gasteiger partial charge in [0.2, 0.25) is 5.91 Å². The lowest BCUT2D eigenvalue weighted by Crippen LogP contribution is -2.31. The van der Waals surface area contributed by atoms with Crippen LogP contribution in [0.15, 0.2) is 24.3 Å². The second kappa shape index (κ2) is 5.83. The molecule has 1 aromatic rings. The van der Waals surface area contributed by atoms with Gasteiger partial charge in [-0.3, -0.25) is 4.79 Å². The van der Waals surface area contributed by atoms with Crippen molar-refractivity contribution in [1.82, 2.24) is 0 Å². The molecule has 1 aliphatic rings. The largest absolute Gasteiger partial charge is 0.508 e. The van der Waals surface area contributed by atoms with Crippen LogP contribution in [0.5, 0.6) is 5.75 Å². The average Bonchev–Trinajstić information content (AvgIpc) is 2.41. The van der Waals surface area contributed by atoms with Gasteiger partial charge in [-0.1, -0.05) is 0 Å². The molecule has 1 aromatic carbocycles. The lowest BCUT2D eigenvalue weighted by Gasteiger charge is -2.24. The van der Waals surface area contributed by atoms with Crippen LogP contribution in [0.4, 0.5) is 5.69 Å². The number of anilines is 1.